The highest BCUT2D eigenvalue weighted by atomic mass is 15.3. The van der Waals surface area contributed by atoms with Crippen LogP contribution in [-0.4, -0.2) is 26.3 Å². The molecule has 2 heterocycles. The van der Waals surface area contributed by atoms with E-state index in [2.05, 4.69) is 10.4 Å². The summed E-state index contributed by atoms with van der Waals surface area (Å²) in [6, 6.07) is 18.1. The molecule has 4 rings (SSSR count). The van der Waals surface area contributed by atoms with Crippen LogP contribution in [0.15, 0.2) is 67.0 Å². The second kappa shape index (κ2) is 6.73. The minimum Gasteiger partial charge on any atom is -0.368 e. The predicted molar refractivity (Wildman–Crippen MR) is 100 cm³/mol. The Morgan fingerprint density at radius 3 is 2.56 bits per heavy atom. The second-order valence-corrected chi connectivity index (χ2v) is 5.99. The molecule has 25 heavy (non-hydrogen) atoms. The van der Waals surface area contributed by atoms with E-state index in [1.807, 2.05) is 78.6 Å². The van der Waals surface area contributed by atoms with Crippen molar-refractivity contribution in [2.24, 2.45) is 0 Å². The summed E-state index contributed by atoms with van der Waals surface area (Å²) >= 11 is 0. The zero-order valence-electron chi connectivity index (χ0n) is 14.1. The fourth-order valence-electron chi connectivity index (χ4n) is 2.81. The first kappa shape index (κ1) is 15.3. The van der Waals surface area contributed by atoms with Crippen molar-refractivity contribution in [3.05, 3.63) is 72.6 Å². The maximum Gasteiger partial charge on any atom is 0.162 e. The van der Waals surface area contributed by atoms with Crippen LogP contribution in [0.3, 0.4) is 0 Å². The smallest absolute Gasteiger partial charge is 0.162 e. The van der Waals surface area contributed by atoms with E-state index >= 15 is 0 Å². The molecular weight excluding hydrogens is 310 g/mol. The molecule has 0 unspecified atom stereocenters. The number of fused-ring (bicyclic) bond motifs is 1. The van der Waals surface area contributed by atoms with Crippen LogP contribution in [0.25, 0.3) is 22.3 Å². The number of hydrogen-bond acceptors (Lipinski definition) is 4. The van der Waals surface area contributed by atoms with Crippen molar-refractivity contribution in [1.29, 1.82) is 0 Å². The van der Waals surface area contributed by atoms with Crippen LogP contribution in [0, 0.1) is 6.92 Å². The Kier molecular flexibility index (Phi) is 4.12. The molecule has 0 radical (unpaired) electrons. The second-order valence-electron chi connectivity index (χ2n) is 5.99. The third kappa shape index (κ3) is 3.35. The van der Waals surface area contributed by atoms with Crippen LogP contribution in [-0.2, 0) is 6.54 Å². The molecule has 5 heteroatoms. The van der Waals surface area contributed by atoms with Crippen LogP contribution in [0.2, 0.25) is 0 Å². The highest BCUT2D eigenvalue weighted by Gasteiger charge is 2.08. The van der Waals surface area contributed by atoms with Crippen LogP contribution in [0.5, 0.6) is 0 Å². The van der Waals surface area contributed by atoms with Crippen molar-refractivity contribution in [1.82, 2.24) is 19.7 Å². The molecule has 0 aliphatic heterocycles. The normalized spacial score (nSPS) is 10.9. The van der Waals surface area contributed by atoms with Gasteiger partial charge in [-0.25, -0.2) is 9.97 Å². The van der Waals surface area contributed by atoms with Gasteiger partial charge in [0.25, 0.3) is 0 Å². The minimum absolute atomic E-state index is 0.733. The third-order valence-corrected chi connectivity index (χ3v) is 4.03. The number of hydrogen-bond donors (Lipinski definition) is 1. The maximum atomic E-state index is 4.76. The summed E-state index contributed by atoms with van der Waals surface area (Å²) in [4.78, 5) is 9.46. The van der Waals surface area contributed by atoms with Gasteiger partial charge in [0.15, 0.2) is 5.82 Å². The molecule has 2 aromatic carbocycles. The molecular formula is C20H19N5. The predicted octanol–water partition coefficient (Wildman–Crippen LogP) is 3.91. The maximum absolute atomic E-state index is 4.76. The molecule has 0 fully saturated rings. The van der Waals surface area contributed by atoms with Crippen molar-refractivity contribution in [3.8, 4) is 11.4 Å². The number of aromatic nitrogens is 4. The van der Waals surface area contributed by atoms with Crippen molar-refractivity contribution >= 4 is 16.7 Å². The van der Waals surface area contributed by atoms with Crippen molar-refractivity contribution < 1.29 is 0 Å². The monoisotopic (exact) mass is 329 g/mol. The number of para-hydroxylation sites is 1. The summed E-state index contributed by atoms with van der Waals surface area (Å²) in [5, 5.41) is 8.79. The Morgan fingerprint density at radius 1 is 0.960 bits per heavy atom. The topological polar surface area (TPSA) is 55.6 Å². The molecule has 0 aliphatic carbocycles. The summed E-state index contributed by atoms with van der Waals surface area (Å²) in [6.45, 7) is 3.57. The molecule has 124 valence electrons. The van der Waals surface area contributed by atoms with Crippen molar-refractivity contribution in [2.45, 2.75) is 13.5 Å². The van der Waals surface area contributed by atoms with E-state index in [1.54, 1.807) is 0 Å². The molecule has 5 nitrogen and oxygen atoms in total. The number of aryl methyl sites for hydroxylation is 1. The summed E-state index contributed by atoms with van der Waals surface area (Å²) < 4.78 is 1.93. The summed E-state index contributed by atoms with van der Waals surface area (Å²) in [6.07, 6.45) is 3.91. The van der Waals surface area contributed by atoms with Crippen molar-refractivity contribution in [3.63, 3.8) is 0 Å². The Morgan fingerprint density at radius 2 is 1.76 bits per heavy atom. The summed E-state index contributed by atoms with van der Waals surface area (Å²) in [5.41, 5.74) is 3.12. The number of nitrogens with zero attached hydrogens (tertiary/aromatic N) is 4. The van der Waals surface area contributed by atoms with Gasteiger partial charge in [-0.3, -0.25) is 4.68 Å². The Labute approximate surface area is 146 Å². The molecule has 4 aromatic rings. The lowest BCUT2D eigenvalue weighted by Crippen LogP contribution is -2.12. The van der Waals surface area contributed by atoms with Gasteiger partial charge in [0.2, 0.25) is 0 Å². The van der Waals surface area contributed by atoms with Crippen LogP contribution >= 0.6 is 0 Å². The van der Waals surface area contributed by atoms with Gasteiger partial charge in [-0.1, -0.05) is 42.5 Å². The lowest BCUT2D eigenvalue weighted by atomic mass is 10.2. The van der Waals surface area contributed by atoms with Crippen LogP contribution < -0.4 is 5.32 Å². The molecule has 0 amide bonds. The first-order valence-electron chi connectivity index (χ1n) is 8.35. The van der Waals surface area contributed by atoms with Crippen molar-refractivity contribution in [2.75, 3.05) is 11.9 Å². The summed E-state index contributed by atoms with van der Waals surface area (Å²) in [7, 11) is 0. The average Bonchev–Trinajstić information content (AvgIpc) is 3.07. The van der Waals surface area contributed by atoms with E-state index in [4.69, 9.17) is 9.97 Å². The van der Waals surface area contributed by atoms with Gasteiger partial charge < -0.3 is 5.32 Å². The Bertz CT molecular complexity index is 991. The van der Waals surface area contributed by atoms with E-state index in [9.17, 15) is 0 Å². The molecule has 0 spiro atoms. The number of nitrogens with one attached hydrogen (secondary N) is 1. The number of benzene rings is 2. The Balaban J connectivity index is 1.64. The highest BCUT2D eigenvalue weighted by Crippen LogP contribution is 2.24. The highest BCUT2D eigenvalue weighted by molar-refractivity contribution is 5.90. The van der Waals surface area contributed by atoms with E-state index in [-0.39, 0.29) is 0 Å². The molecule has 2 aromatic heterocycles. The van der Waals surface area contributed by atoms with Crippen LogP contribution in [0.4, 0.5) is 5.82 Å². The van der Waals surface area contributed by atoms with Crippen LogP contribution in [0.1, 0.15) is 5.56 Å². The van der Waals surface area contributed by atoms with Gasteiger partial charge in [0.1, 0.15) is 5.82 Å². The van der Waals surface area contributed by atoms with E-state index < -0.39 is 0 Å². The van der Waals surface area contributed by atoms with E-state index in [0.717, 1.165) is 41.2 Å². The average molecular weight is 329 g/mol. The molecule has 0 aliphatic rings. The van der Waals surface area contributed by atoms with Gasteiger partial charge in [-0.15, -0.1) is 0 Å². The van der Waals surface area contributed by atoms with Gasteiger partial charge in [0.05, 0.1) is 18.3 Å². The van der Waals surface area contributed by atoms with Gasteiger partial charge in [0, 0.05) is 23.7 Å². The first-order chi connectivity index (χ1) is 12.3. The van der Waals surface area contributed by atoms with E-state index in [1.165, 1.54) is 5.56 Å². The fraction of sp³-hybridized carbons (Fsp3) is 0.150. The Hall–Kier alpha value is -3.21. The summed E-state index contributed by atoms with van der Waals surface area (Å²) in [5.74, 6) is 1.59. The zero-order chi connectivity index (χ0) is 17.1. The lowest BCUT2D eigenvalue weighted by molar-refractivity contribution is 0.637. The van der Waals surface area contributed by atoms with E-state index in [0.29, 0.717) is 0 Å². The molecule has 0 bridgehead atoms. The number of anilines is 1. The van der Waals surface area contributed by atoms with Gasteiger partial charge in [-0.2, -0.15) is 5.10 Å². The standard InChI is InChI=1S/C20H19N5/c1-15-13-22-25(14-15)12-11-21-20-17-9-5-6-10-18(17)23-19(24-20)16-7-3-2-4-8-16/h2-10,13-14H,11-12H2,1H3,(H,21,23,24). The molecule has 0 saturated carbocycles. The first-order valence-corrected chi connectivity index (χ1v) is 8.35. The lowest BCUT2D eigenvalue weighted by Gasteiger charge is -2.11. The van der Waals surface area contributed by atoms with Gasteiger partial charge in [-0.05, 0) is 24.6 Å². The van der Waals surface area contributed by atoms with Gasteiger partial charge >= 0.3 is 0 Å². The number of rotatable bonds is 5. The minimum atomic E-state index is 0.733. The zero-order valence-corrected chi connectivity index (χ0v) is 14.1. The third-order valence-electron chi connectivity index (χ3n) is 4.03. The molecule has 0 atom stereocenters. The largest absolute Gasteiger partial charge is 0.368 e. The quantitative estimate of drug-likeness (QED) is 0.603. The molecule has 1 N–H and O–H groups in total. The molecule has 0 saturated heterocycles. The fourth-order valence-corrected chi connectivity index (χ4v) is 2.81. The SMILES string of the molecule is Cc1cnn(CCNc2nc(-c3ccccc3)nc3ccccc23)c1.